The van der Waals surface area contributed by atoms with Crippen LogP contribution in [0.5, 0.6) is 0 Å². The molecule has 1 aromatic carbocycles. The first kappa shape index (κ1) is 19.0. The van der Waals surface area contributed by atoms with Gasteiger partial charge in [0.25, 0.3) is 0 Å². The molecule has 0 aliphatic heterocycles. The molecule has 0 bridgehead atoms. The van der Waals surface area contributed by atoms with Gasteiger partial charge in [-0.2, -0.15) is 11.8 Å². The minimum absolute atomic E-state index is 0.126. The highest BCUT2D eigenvalue weighted by Crippen LogP contribution is 2.27. The molecule has 7 heteroatoms. The first-order valence-electron chi connectivity index (χ1n) is 6.81. The molecule has 1 aromatic rings. The standard InChI is InChI=1S/C14H22BrNO3S2/c1-4-20-6-5-11(3)16-21(18,19)13-8-12(9-17)7-10(2)14(13)15/h7-8,11,16-17H,4-6,9H2,1-3H3. The fourth-order valence-electron chi connectivity index (χ4n) is 1.89. The lowest BCUT2D eigenvalue weighted by molar-refractivity contribution is 0.281. The van der Waals surface area contributed by atoms with Crippen molar-refractivity contribution in [3.8, 4) is 0 Å². The van der Waals surface area contributed by atoms with Gasteiger partial charge in [-0.15, -0.1) is 0 Å². The van der Waals surface area contributed by atoms with Gasteiger partial charge in [0.15, 0.2) is 0 Å². The molecule has 1 rings (SSSR count). The van der Waals surface area contributed by atoms with E-state index in [-0.39, 0.29) is 17.5 Å². The molecule has 0 saturated carbocycles. The average Bonchev–Trinajstić information content (AvgIpc) is 2.41. The van der Waals surface area contributed by atoms with E-state index >= 15 is 0 Å². The minimum Gasteiger partial charge on any atom is -0.392 e. The first-order chi connectivity index (χ1) is 9.81. The Bertz CT molecular complexity index is 576. The van der Waals surface area contributed by atoms with Crippen LogP contribution >= 0.6 is 27.7 Å². The fraction of sp³-hybridized carbons (Fsp3) is 0.571. The van der Waals surface area contributed by atoms with Crippen molar-refractivity contribution in [1.29, 1.82) is 0 Å². The molecule has 0 aliphatic rings. The summed E-state index contributed by atoms with van der Waals surface area (Å²) in [7, 11) is -3.60. The van der Waals surface area contributed by atoms with Gasteiger partial charge in [0.2, 0.25) is 10.0 Å². The monoisotopic (exact) mass is 395 g/mol. The normalized spacial score (nSPS) is 13.4. The van der Waals surface area contributed by atoms with E-state index in [0.29, 0.717) is 10.0 Å². The Morgan fingerprint density at radius 2 is 2.10 bits per heavy atom. The molecule has 0 spiro atoms. The van der Waals surface area contributed by atoms with Crippen LogP contribution in [0.1, 0.15) is 31.4 Å². The highest BCUT2D eigenvalue weighted by Gasteiger charge is 2.21. The van der Waals surface area contributed by atoms with Crippen LogP contribution in [-0.2, 0) is 16.6 Å². The lowest BCUT2D eigenvalue weighted by Crippen LogP contribution is -2.33. The summed E-state index contributed by atoms with van der Waals surface area (Å²) >= 11 is 5.12. The van der Waals surface area contributed by atoms with Crippen LogP contribution in [0.15, 0.2) is 21.5 Å². The Morgan fingerprint density at radius 3 is 2.67 bits per heavy atom. The van der Waals surface area contributed by atoms with Crippen molar-refractivity contribution < 1.29 is 13.5 Å². The third-order valence-electron chi connectivity index (χ3n) is 3.01. The highest BCUT2D eigenvalue weighted by atomic mass is 79.9. The molecule has 1 unspecified atom stereocenters. The third kappa shape index (κ3) is 5.56. The van der Waals surface area contributed by atoms with E-state index < -0.39 is 10.0 Å². The number of aliphatic hydroxyl groups excluding tert-OH is 1. The second-order valence-corrected chi connectivity index (χ2v) is 8.76. The van der Waals surface area contributed by atoms with Crippen LogP contribution in [0.2, 0.25) is 0 Å². The molecule has 0 saturated heterocycles. The van der Waals surface area contributed by atoms with E-state index in [1.165, 1.54) is 6.07 Å². The van der Waals surface area contributed by atoms with Crippen molar-refractivity contribution in [2.24, 2.45) is 0 Å². The SMILES string of the molecule is CCSCCC(C)NS(=O)(=O)c1cc(CO)cc(C)c1Br. The van der Waals surface area contributed by atoms with Gasteiger partial charge >= 0.3 is 0 Å². The number of thioether (sulfide) groups is 1. The molecular weight excluding hydrogens is 374 g/mol. The molecule has 4 nitrogen and oxygen atoms in total. The quantitative estimate of drug-likeness (QED) is 0.663. The number of rotatable bonds is 8. The van der Waals surface area contributed by atoms with Crippen LogP contribution in [0.25, 0.3) is 0 Å². The highest BCUT2D eigenvalue weighted by molar-refractivity contribution is 9.10. The van der Waals surface area contributed by atoms with Crippen molar-refractivity contribution in [1.82, 2.24) is 4.72 Å². The Morgan fingerprint density at radius 1 is 1.43 bits per heavy atom. The first-order valence-corrected chi connectivity index (χ1v) is 10.2. The number of nitrogens with one attached hydrogen (secondary N) is 1. The van der Waals surface area contributed by atoms with E-state index in [1.807, 2.05) is 13.8 Å². The van der Waals surface area contributed by atoms with Gasteiger partial charge in [-0.25, -0.2) is 13.1 Å². The molecule has 2 N–H and O–H groups in total. The summed E-state index contributed by atoms with van der Waals surface area (Å²) in [5.41, 5.74) is 1.38. The molecular formula is C14H22BrNO3S2. The fourth-order valence-corrected chi connectivity index (χ4v) is 5.04. The Kier molecular flexibility index (Phi) is 7.70. The maximum atomic E-state index is 12.5. The Balaban J connectivity index is 2.95. The van der Waals surface area contributed by atoms with Gasteiger partial charge < -0.3 is 5.11 Å². The molecule has 0 aromatic heterocycles. The van der Waals surface area contributed by atoms with Gasteiger partial charge in [-0.3, -0.25) is 0 Å². The van der Waals surface area contributed by atoms with Gasteiger partial charge in [0.1, 0.15) is 0 Å². The number of hydrogen-bond acceptors (Lipinski definition) is 4. The molecule has 0 aliphatic carbocycles. The minimum atomic E-state index is -3.60. The van der Waals surface area contributed by atoms with E-state index in [9.17, 15) is 13.5 Å². The van der Waals surface area contributed by atoms with Crippen LogP contribution in [0.3, 0.4) is 0 Å². The van der Waals surface area contributed by atoms with Crippen LogP contribution in [0, 0.1) is 6.92 Å². The summed E-state index contributed by atoms with van der Waals surface area (Å²) in [6, 6.07) is 3.15. The topological polar surface area (TPSA) is 66.4 Å². The van der Waals surface area contributed by atoms with Crippen LogP contribution in [0.4, 0.5) is 0 Å². The van der Waals surface area contributed by atoms with Crippen molar-refractivity contribution in [2.75, 3.05) is 11.5 Å². The molecule has 0 fully saturated rings. The number of halogens is 1. The molecule has 0 amide bonds. The number of sulfonamides is 1. The maximum Gasteiger partial charge on any atom is 0.241 e. The molecule has 21 heavy (non-hydrogen) atoms. The lowest BCUT2D eigenvalue weighted by atomic mass is 10.1. The summed E-state index contributed by atoms with van der Waals surface area (Å²) in [6.45, 7) is 5.58. The zero-order chi connectivity index (χ0) is 16.0. The Labute approximate surface area is 139 Å². The zero-order valence-corrected chi connectivity index (χ0v) is 15.7. The van der Waals surface area contributed by atoms with Crippen molar-refractivity contribution in [3.63, 3.8) is 0 Å². The summed E-state index contributed by atoms with van der Waals surface area (Å²) in [5.74, 6) is 1.96. The van der Waals surface area contributed by atoms with Crippen molar-refractivity contribution in [2.45, 2.75) is 44.7 Å². The molecule has 120 valence electrons. The average molecular weight is 396 g/mol. The number of hydrogen-bond donors (Lipinski definition) is 2. The number of aliphatic hydroxyl groups is 1. The van der Waals surface area contributed by atoms with Crippen molar-refractivity contribution in [3.05, 3.63) is 27.7 Å². The van der Waals surface area contributed by atoms with Gasteiger partial charge in [-0.05, 0) is 64.9 Å². The molecule has 0 heterocycles. The summed E-state index contributed by atoms with van der Waals surface area (Å²) in [6.07, 6.45) is 0.786. The third-order valence-corrected chi connectivity index (χ3v) is 6.87. The summed E-state index contributed by atoms with van der Waals surface area (Å²) in [5, 5.41) is 9.23. The largest absolute Gasteiger partial charge is 0.392 e. The number of aryl methyl sites for hydroxylation is 1. The van der Waals surface area contributed by atoms with E-state index in [2.05, 4.69) is 27.6 Å². The van der Waals surface area contributed by atoms with Crippen molar-refractivity contribution >= 4 is 37.7 Å². The van der Waals surface area contributed by atoms with Crippen LogP contribution in [-0.4, -0.2) is 31.1 Å². The second-order valence-electron chi connectivity index (χ2n) is 4.89. The number of benzene rings is 1. The maximum absolute atomic E-state index is 12.5. The predicted molar refractivity (Wildman–Crippen MR) is 92.2 cm³/mol. The van der Waals surface area contributed by atoms with Gasteiger partial charge in [0, 0.05) is 10.5 Å². The van der Waals surface area contributed by atoms with Gasteiger partial charge in [0.05, 0.1) is 11.5 Å². The zero-order valence-electron chi connectivity index (χ0n) is 12.5. The second kappa shape index (κ2) is 8.53. The molecule has 1 atom stereocenters. The van der Waals surface area contributed by atoms with E-state index in [1.54, 1.807) is 17.8 Å². The summed E-state index contributed by atoms with van der Waals surface area (Å²) in [4.78, 5) is 0.182. The predicted octanol–water partition coefficient (Wildman–Crippen LogP) is 3.06. The van der Waals surface area contributed by atoms with Crippen LogP contribution < -0.4 is 4.72 Å². The van der Waals surface area contributed by atoms with Gasteiger partial charge in [-0.1, -0.05) is 13.0 Å². The Hall–Kier alpha value is -0.0800. The molecule has 0 radical (unpaired) electrons. The van der Waals surface area contributed by atoms with E-state index in [4.69, 9.17) is 0 Å². The van der Waals surface area contributed by atoms with E-state index in [0.717, 1.165) is 23.5 Å². The smallest absolute Gasteiger partial charge is 0.241 e. The lowest BCUT2D eigenvalue weighted by Gasteiger charge is -2.16. The summed E-state index contributed by atoms with van der Waals surface area (Å²) < 4.78 is 28.2.